The lowest BCUT2D eigenvalue weighted by Gasteiger charge is -2.12. The fourth-order valence-electron chi connectivity index (χ4n) is 1.37. The van der Waals surface area contributed by atoms with Crippen molar-refractivity contribution >= 4 is 17.7 Å². The second kappa shape index (κ2) is 5.08. The van der Waals surface area contributed by atoms with Crippen molar-refractivity contribution in [3.8, 4) is 0 Å². The largest absolute Gasteiger partial charge is 0.416 e. The first-order valence-corrected chi connectivity index (χ1v) is 6.74. The molecule has 0 spiro atoms. The van der Waals surface area contributed by atoms with Gasteiger partial charge in [0, 0.05) is 12.0 Å². The fraction of sp³-hybridized carbons (Fsp3) is 0.727. The molecule has 94 valence electrons. The fourth-order valence-corrected chi connectivity index (χ4v) is 2.07. The van der Waals surface area contributed by atoms with E-state index in [1.165, 1.54) is 11.8 Å². The van der Waals surface area contributed by atoms with Crippen LogP contribution in [-0.2, 0) is 4.79 Å². The Bertz CT molecular complexity index is 401. The van der Waals surface area contributed by atoms with Gasteiger partial charge in [0.2, 0.25) is 11.8 Å². The number of aromatic nitrogens is 2. The number of hydrogen-bond acceptors (Lipinski definition) is 5. The predicted molar refractivity (Wildman–Crippen MR) is 64.9 cm³/mol. The van der Waals surface area contributed by atoms with Crippen LogP contribution >= 0.6 is 11.8 Å². The molecule has 5 nitrogen and oxygen atoms in total. The van der Waals surface area contributed by atoms with Crippen LogP contribution in [0.3, 0.4) is 0 Å². The number of hydrogen-bond donors (Lipinski definition) is 1. The Morgan fingerprint density at radius 1 is 1.41 bits per heavy atom. The molecule has 0 aliphatic heterocycles. The van der Waals surface area contributed by atoms with E-state index in [-0.39, 0.29) is 17.2 Å². The molecule has 2 rings (SSSR count). The van der Waals surface area contributed by atoms with Crippen molar-refractivity contribution in [1.82, 2.24) is 15.5 Å². The first kappa shape index (κ1) is 12.4. The summed E-state index contributed by atoms with van der Waals surface area (Å²) < 4.78 is 5.49. The quantitative estimate of drug-likeness (QED) is 0.814. The van der Waals surface area contributed by atoms with Gasteiger partial charge in [-0.05, 0) is 33.6 Å². The minimum absolute atomic E-state index is 0.00354. The summed E-state index contributed by atoms with van der Waals surface area (Å²) >= 11 is 1.31. The van der Waals surface area contributed by atoms with E-state index >= 15 is 0 Å². The lowest BCUT2D eigenvalue weighted by molar-refractivity contribution is -0.120. The highest BCUT2D eigenvalue weighted by Crippen LogP contribution is 2.40. The molecule has 1 fully saturated rings. The Hall–Kier alpha value is -1.04. The van der Waals surface area contributed by atoms with Crippen LogP contribution in [-0.4, -0.2) is 27.4 Å². The highest BCUT2D eigenvalue weighted by atomic mass is 32.2. The summed E-state index contributed by atoms with van der Waals surface area (Å²) in [6.07, 6.45) is 2.27. The average molecular weight is 255 g/mol. The van der Waals surface area contributed by atoms with E-state index in [1.54, 1.807) is 0 Å². The second-order valence-corrected chi connectivity index (χ2v) is 5.90. The summed E-state index contributed by atoms with van der Waals surface area (Å²) in [5.74, 6) is 1.16. The Labute approximate surface area is 105 Å². The minimum Gasteiger partial charge on any atom is -0.416 e. The maximum atomic E-state index is 11.7. The molecular weight excluding hydrogens is 238 g/mol. The van der Waals surface area contributed by atoms with E-state index in [2.05, 4.69) is 15.5 Å². The van der Waals surface area contributed by atoms with Gasteiger partial charge in [-0.1, -0.05) is 11.8 Å². The molecule has 1 aliphatic rings. The number of nitrogens with one attached hydrogen (secondary N) is 1. The smallest absolute Gasteiger partial charge is 0.277 e. The van der Waals surface area contributed by atoms with Crippen LogP contribution < -0.4 is 5.32 Å². The minimum atomic E-state index is -0.218. The molecular formula is C11H17N3O2S. The predicted octanol–water partition coefficient (Wildman–Crippen LogP) is 1.95. The van der Waals surface area contributed by atoms with Crippen LogP contribution in [0, 0.1) is 0 Å². The van der Waals surface area contributed by atoms with Gasteiger partial charge in [0.05, 0.1) is 5.25 Å². The van der Waals surface area contributed by atoms with Gasteiger partial charge >= 0.3 is 0 Å². The highest BCUT2D eigenvalue weighted by Gasteiger charge is 2.30. The van der Waals surface area contributed by atoms with E-state index in [1.807, 2.05) is 20.8 Å². The van der Waals surface area contributed by atoms with Gasteiger partial charge < -0.3 is 9.73 Å². The molecule has 1 aliphatic carbocycles. The van der Waals surface area contributed by atoms with Crippen LogP contribution in [0.15, 0.2) is 9.64 Å². The molecule has 6 heteroatoms. The second-order valence-electron chi connectivity index (χ2n) is 4.60. The molecule has 1 amide bonds. The Balaban J connectivity index is 1.88. The molecule has 1 saturated carbocycles. The first-order valence-electron chi connectivity index (χ1n) is 5.86. The molecule has 0 aromatic carbocycles. The van der Waals surface area contributed by atoms with Crippen molar-refractivity contribution in [2.45, 2.75) is 56.0 Å². The van der Waals surface area contributed by atoms with Gasteiger partial charge in [0.1, 0.15) is 0 Å². The normalized spacial score (nSPS) is 17.2. The average Bonchev–Trinajstić information content (AvgIpc) is 2.99. The van der Waals surface area contributed by atoms with E-state index in [9.17, 15) is 4.79 Å². The molecule has 1 aromatic rings. The summed E-state index contributed by atoms with van der Waals surface area (Å²) in [6, 6.07) is 0.148. The number of thioether (sulfide) groups is 1. The molecule has 0 radical (unpaired) electrons. The summed E-state index contributed by atoms with van der Waals surface area (Å²) in [6.45, 7) is 5.71. The zero-order valence-corrected chi connectivity index (χ0v) is 11.1. The molecule has 1 atom stereocenters. The SMILES string of the molecule is CC(C)NC(=O)[C@@H](C)Sc1nnc(C2CC2)o1. The van der Waals surface area contributed by atoms with Crippen LogP contribution in [0.4, 0.5) is 0 Å². The molecule has 0 bridgehead atoms. The zero-order valence-electron chi connectivity index (χ0n) is 10.3. The van der Waals surface area contributed by atoms with Crippen LogP contribution in [0.5, 0.6) is 0 Å². The first-order chi connectivity index (χ1) is 8.06. The van der Waals surface area contributed by atoms with Crippen molar-refractivity contribution in [2.75, 3.05) is 0 Å². The Morgan fingerprint density at radius 2 is 2.12 bits per heavy atom. The van der Waals surface area contributed by atoms with E-state index in [0.717, 1.165) is 12.8 Å². The molecule has 1 heterocycles. The number of carbonyl (C=O) groups excluding carboxylic acids is 1. The monoisotopic (exact) mass is 255 g/mol. The van der Waals surface area contributed by atoms with Gasteiger partial charge in [0.25, 0.3) is 5.22 Å². The number of rotatable bonds is 5. The van der Waals surface area contributed by atoms with Crippen LogP contribution in [0.25, 0.3) is 0 Å². The maximum absolute atomic E-state index is 11.7. The summed E-state index contributed by atoms with van der Waals surface area (Å²) in [5.41, 5.74) is 0. The molecule has 0 saturated heterocycles. The van der Waals surface area contributed by atoms with Gasteiger partial charge in [-0.3, -0.25) is 4.79 Å². The standard InChI is InChI=1S/C11H17N3O2S/c1-6(2)12-9(15)7(3)17-11-14-13-10(16-11)8-4-5-8/h6-8H,4-5H2,1-3H3,(H,12,15)/t7-/m1/s1. The lowest BCUT2D eigenvalue weighted by Crippen LogP contribution is -2.35. The van der Waals surface area contributed by atoms with E-state index < -0.39 is 0 Å². The Morgan fingerprint density at radius 3 is 2.71 bits per heavy atom. The van der Waals surface area contributed by atoms with E-state index in [4.69, 9.17) is 4.42 Å². The summed E-state index contributed by atoms with van der Waals surface area (Å²) in [5, 5.41) is 11.0. The van der Waals surface area contributed by atoms with Crippen molar-refractivity contribution in [1.29, 1.82) is 0 Å². The zero-order chi connectivity index (χ0) is 12.4. The number of nitrogens with zero attached hydrogens (tertiary/aromatic N) is 2. The summed E-state index contributed by atoms with van der Waals surface area (Å²) in [4.78, 5) is 11.7. The third kappa shape index (κ3) is 3.46. The number of amides is 1. The topological polar surface area (TPSA) is 68.0 Å². The van der Waals surface area contributed by atoms with Crippen LogP contribution in [0.2, 0.25) is 0 Å². The van der Waals surface area contributed by atoms with Gasteiger partial charge in [-0.25, -0.2) is 0 Å². The molecule has 0 unspecified atom stereocenters. The van der Waals surface area contributed by atoms with Gasteiger partial charge in [-0.2, -0.15) is 0 Å². The van der Waals surface area contributed by atoms with Crippen molar-refractivity contribution < 1.29 is 9.21 Å². The highest BCUT2D eigenvalue weighted by molar-refractivity contribution is 8.00. The van der Waals surface area contributed by atoms with Crippen molar-refractivity contribution in [3.63, 3.8) is 0 Å². The maximum Gasteiger partial charge on any atom is 0.277 e. The Kier molecular flexibility index (Phi) is 3.71. The van der Waals surface area contributed by atoms with Gasteiger partial charge in [-0.15, -0.1) is 10.2 Å². The lowest BCUT2D eigenvalue weighted by atomic mass is 10.3. The van der Waals surface area contributed by atoms with Crippen molar-refractivity contribution in [2.24, 2.45) is 0 Å². The van der Waals surface area contributed by atoms with Gasteiger partial charge in [0.15, 0.2) is 0 Å². The third-order valence-corrected chi connectivity index (χ3v) is 3.36. The molecule has 17 heavy (non-hydrogen) atoms. The summed E-state index contributed by atoms with van der Waals surface area (Å²) in [7, 11) is 0. The van der Waals surface area contributed by atoms with Crippen molar-refractivity contribution in [3.05, 3.63) is 5.89 Å². The van der Waals surface area contributed by atoms with Crippen LogP contribution in [0.1, 0.15) is 45.4 Å². The van der Waals surface area contributed by atoms with E-state index in [0.29, 0.717) is 17.0 Å². The third-order valence-electron chi connectivity index (χ3n) is 2.43. The molecule has 1 aromatic heterocycles. The number of carbonyl (C=O) groups is 1. The molecule has 1 N–H and O–H groups in total.